The van der Waals surface area contributed by atoms with E-state index >= 15 is 0 Å². The molecule has 4 heteroatoms. The van der Waals surface area contributed by atoms with Gasteiger partial charge < -0.3 is 9.67 Å². The molecule has 2 aromatic rings. The van der Waals surface area contributed by atoms with E-state index in [2.05, 4.69) is 11.1 Å². The standard InChI is InChI=1S/C12H11N3O.C2H6/c13-5-10-1-3-11(4-2-10)7-15-9-14-6-12(15)8-16;1-2/h1-4,6,9,16H,7-8H2;1-2H3. The smallest absolute Gasteiger partial charge is 0.0991 e. The Kier molecular flexibility index (Phi) is 5.62. The minimum Gasteiger partial charge on any atom is -0.390 e. The van der Waals surface area contributed by atoms with Gasteiger partial charge in [-0.1, -0.05) is 26.0 Å². The van der Waals surface area contributed by atoms with Crippen molar-refractivity contribution in [2.75, 3.05) is 0 Å². The van der Waals surface area contributed by atoms with Crippen LogP contribution < -0.4 is 0 Å². The fraction of sp³-hybridized carbons (Fsp3) is 0.286. The number of hydrogen-bond acceptors (Lipinski definition) is 3. The van der Waals surface area contributed by atoms with Crippen molar-refractivity contribution in [2.45, 2.75) is 27.0 Å². The van der Waals surface area contributed by atoms with Crippen LogP contribution >= 0.6 is 0 Å². The molecular weight excluding hydrogens is 226 g/mol. The van der Waals surface area contributed by atoms with Crippen LogP contribution in [-0.4, -0.2) is 14.7 Å². The van der Waals surface area contributed by atoms with Crippen LogP contribution in [0.1, 0.15) is 30.7 Å². The summed E-state index contributed by atoms with van der Waals surface area (Å²) in [6, 6.07) is 9.45. The van der Waals surface area contributed by atoms with Gasteiger partial charge in [0.2, 0.25) is 0 Å². The van der Waals surface area contributed by atoms with Crippen LogP contribution in [0, 0.1) is 11.3 Å². The SMILES string of the molecule is CC.N#Cc1ccc(Cn2cncc2CO)cc1. The van der Waals surface area contributed by atoms with E-state index in [1.807, 2.05) is 30.5 Å². The van der Waals surface area contributed by atoms with Gasteiger partial charge in [0.1, 0.15) is 0 Å². The summed E-state index contributed by atoms with van der Waals surface area (Å²) in [6.07, 6.45) is 3.33. The summed E-state index contributed by atoms with van der Waals surface area (Å²) in [7, 11) is 0. The van der Waals surface area contributed by atoms with Crippen molar-refractivity contribution in [1.82, 2.24) is 9.55 Å². The summed E-state index contributed by atoms with van der Waals surface area (Å²) in [5, 5.41) is 17.7. The summed E-state index contributed by atoms with van der Waals surface area (Å²) >= 11 is 0. The second kappa shape index (κ2) is 7.25. The van der Waals surface area contributed by atoms with Gasteiger partial charge in [0.05, 0.1) is 36.5 Å². The Bertz CT molecular complexity index is 509. The predicted octanol–water partition coefficient (Wildman–Crippen LogP) is 2.32. The summed E-state index contributed by atoms with van der Waals surface area (Å²) in [6.45, 7) is 4.64. The molecule has 18 heavy (non-hydrogen) atoms. The molecule has 1 aromatic heterocycles. The zero-order chi connectivity index (χ0) is 13.4. The number of nitrogens with zero attached hydrogens (tertiary/aromatic N) is 3. The Balaban J connectivity index is 0.000000771. The Morgan fingerprint density at radius 2 is 1.94 bits per heavy atom. The third-order valence-electron chi connectivity index (χ3n) is 2.40. The molecule has 0 bridgehead atoms. The molecule has 2 rings (SSSR count). The second-order valence-electron chi connectivity index (χ2n) is 3.48. The Morgan fingerprint density at radius 1 is 1.28 bits per heavy atom. The molecule has 1 N–H and O–H groups in total. The molecule has 0 saturated heterocycles. The highest BCUT2D eigenvalue weighted by Crippen LogP contribution is 2.08. The summed E-state index contributed by atoms with van der Waals surface area (Å²) in [5.41, 5.74) is 2.51. The van der Waals surface area contributed by atoms with Gasteiger partial charge in [-0.25, -0.2) is 4.98 Å². The van der Waals surface area contributed by atoms with Crippen LogP contribution in [0.4, 0.5) is 0 Å². The summed E-state index contributed by atoms with van der Waals surface area (Å²) in [4.78, 5) is 3.97. The number of aliphatic hydroxyl groups excluding tert-OH is 1. The number of hydrogen-bond donors (Lipinski definition) is 1. The van der Waals surface area contributed by atoms with Gasteiger partial charge in [-0.3, -0.25) is 0 Å². The zero-order valence-electron chi connectivity index (χ0n) is 10.7. The Labute approximate surface area is 107 Å². The van der Waals surface area contributed by atoms with E-state index in [1.165, 1.54) is 0 Å². The largest absolute Gasteiger partial charge is 0.390 e. The number of benzene rings is 1. The van der Waals surface area contributed by atoms with E-state index in [4.69, 9.17) is 10.4 Å². The lowest BCUT2D eigenvalue weighted by Crippen LogP contribution is -2.02. The van der Waals surface area contributed by atoms with Crippen LogP contribution in [0.2, 0.25) is 0 Å². The minimum absolute atomic E-state index is 0.0176. The van der Waals surface area contributed by atoms with Gasteiger partial charge in [0.25, 0.3) is 0 Å². The van der Waals surface area contributed by atoms with Crippen molar-refractivity contribution < 1.29 is 5.11 Å². The molecule has 0 aliphatic carbocycles. The van der Waals surface area contributed by atoms with Crippen LogP contribution in [0.15, 0.2) is 36.8 Å². The van der Waals surface area contributed by atoms with E-state index in [0.717, 1.165) is 11.3 Å². The topological polar surface area (TPSA) is 61.8 Å². The molecule has 0 fully saturated rings. The molecule has 0 aliphatic heterocycles. The average molecular weight is 243 g/mol. The fourth-order valence-electron chi connectivity index (χ4n) is 1.50. The van der Waals surface area contributed by atoms with Crippen molar-refractivity contribution in [3.05, 3.63) is 53.6 Å². The highest BCUT2D eigenvalue weighted by atomic mass is 16.3. The van der Waals surface area contributed by atoms with Crippen molar-refractivity contribution in [2.24, 2.45) is 0 Å². The molecular formula is C14H17N3O. The van der Waals surface area contributed by atoms with Gasteiger partial charge in [-0.15, -0.1) is 0 Å². The molecule has 0 radical (unpaired) electrons. The van der Waals surface area contributed by atoms with E-state index in [9.17, 15) is 0 Å². The van der Waals surface area contributed by atoms with Crippen molar-refractivity contribution in [3.8, 4) is 6.07 Å². The zero-order valence-corrected chi connectivity index (χ0v) is 10.7. The highest BCUT2D eigenvalue weighted by Gasteiger charge is 2.01. The van der Waals surface area contributed by atoms with Crippen LogP contribution in [0.25, 0.3) is 0 Å². The molecule has 1 aromatic carbocycles. The average Bonchev–Trinajstić information content (AvgIpc) is 2.89. The molecule has 4 nitrogen and oxygen atoms in total. The number of aliphatic hydroxyl groups is 1. The van der Waals surface area contributed by atoms with Gasteiger partial charge in [0, 0.05) is 6.54 Å². The monoisotopic (exact) mass is 243 g/mol. The number of aromatic nitrogens is 2. The van der Waals surface area contributed by atoms with E-state index < -0.39 is 0 Å². The van der Waals surface area contributed by atoms with Crippen molar-refractivity contribution in [3.63, 3.8) is 0 Å². The number of nitriles is 1. The number of rotatable bonds is 3. The first-order valence-electron chi connectivity index (χ1n) is 5.92. The first kappa shape index (κ1) is 13.9. The molecule has 0 atom stereocenters. The fourth-order valence-corrected chi connectivity index (χ4v) is 1.50. The van der Waals surface area contributed by atoms with Crippen molar-refractivity contribution >= 4 is 0 Å². The second-order valence-corrected chi connectivity index (χ2v) is 3.48. The lowest BCUT2D eigenvalue weighted by atomic mass is 10.1. The third-order valence-corrected chi connectivity index (χ3v) is 2.40. The first-order valence-corrected chi connectivity index (χ1v) is 5.92. The molecule has 1 heterocycles. The molecule has 0 aliphatic rings. The summed E-state index contributed by atoms with van der Waals surface area (Å²) < 4.78 is 1.88. The lowest BCUT2D eigenvalue weighted by Gasteiger charge is -2.06. The van der Waals surface area contributed by atoms with Gasteiger partial charge in [-0.05, 0) is 17.7 Å². The Hall–Kier alpha value is -2.12. The maximum absolute atomic E-state index is 9.06. The van der Waals surface area contributed by atoms with Gasteiger partial charge >= 0.3 is 0 Å². The normalized spacial score (nSPS) is 9.22. The quantitative estimate of drug-likeness (QED) is 0.899. The van der Waals surface area contributed by atoms with Gasteiger partial charge in [0.15, 0.2) is 0 Å². The first-order chi connectivity index (χ1) is 8.83. The maximum atomic E-state index is 9.06. The molecule has 0 spiro atoms. The molecule has 0 amide bonds. The van der Waals surface area contributed by atoms with Gasteiger partial charge in [-0.2, -0.15) is 5.26 Å². The number of imidazole rings is 1. The third kappa shape index (κ3) is 3.44. The molecule has 0 saturated carbocycles. The minimum atomic E-state index is -0.0176. The molecule has 94 valence electrons. The highest BCUT2D eigenvalue weighted by molar-refractivity contribution is 5.31. The van der Waals surface area contributed by atoms with E-state index in [0.29, 0.717) is 12.1 Å². The van der Waals surface area contributed by atoms with E-state index in [-0.39, 0.29) is 6.61 Å². The maximum Gasteiger partial charge on any atom is 0.0991 e. The lowest BCUT2D eigenvalue weighted by molar-refractivity contribution is 0.271. The summed E-state index contributed by atoms with van der Waals surface area (Å²) in [5.74, 6) is 0. The predicted molar refractivity (Wildman–Crippen MR) is 69.8 cm³/mol. The Morgan fingerprint density at radius 3 is 2.50 bits per heavy atom. The van der Waals surface area contributed by atoms with Crippen molar-refractivity contribution in [1.29, 1.82) is 5.26 Å². The van der Waals surface area contributed by atoms with Crippen LogP contribution in [0.3, 0.4) is 0 Å². The van der Waals surface area contributed by atoms with Crippen LogP contribution in [0.5, 0.6) is 0 Å². The molecule has 0 unspecified atom stereocenters. The van der Waals surface area contributed by atoms with Crippen LogP contribution in [-0.2, 0) is 13.2 Å². The van der Waals surface area contributed by atoms with E-state index in [1.54, 1.807) is 24.7 Å².